The van der Waals surface area contributed by atoms with E-state index in [0.717, 1.165) is 46.4 Å². The highest BCUT2D eigenvalue weighted by Crippen LogP contribution is 2.45. The average molecular weight is 510 g/mol. The number of fused-ring (bicyclic) bond motifs is 3. The summed E-state index contributed by atoms with van der Waals surface area (Å²) in [5.74, 6) is -2.59. The highest BCUT2D eigenvalue weighted by molar-refractivity contribution is 5.88. The molecule has 2 atom stereocenters. The molecule has 37 heavy (non-hydrogen) atoms. The minimum Gasteiger partial charge on any atom is -0.478 e. The number of hydrogen-bond donors (Lipinski definition) is 2. The fraction of sp³-hybridized carbons (Fsp3) is 0.286. The molecule has 2 aromatic carbocycles. The maximum atomic E-state index is 15.6. The van der Waals surface area contributed by atoms with Crippen LogP contribution in [0.25, 0.3) is 28.2 Å². The van der Waals surface area contributed by atoms with Crippen molar-refractivity contribution in [3.05, 3.63) is 82.9 Å². The summed E-state index contributed by atoms with van der Waals surface area (Å²) in [5.41, 5.74) is 1.35. The molecule has 0 bridgehead atoms. The third-order valence-corrected chi connectivity index (χ3v) is 6.65. The van der Waals surface area contributed by atoms with E-state index in [1.54, 1.807) is 17.3 Å². The van der Waals surface area contributed by atoms with E-state index in [0.29, 0.717) is 17.8 Å². The van der Waals surface area contributed by atoms with Gasteiger partial charge in [0.2, 0.25) is 0 Å². The van der Waals surface area contributed by atoms with Gasteiger partial charge in [-0.3, -0.25) is 10.00 Å². The second-order valence-electron chi connectivity index (χ2n) is 10.1. The second kappa shape index (κ2) is 9.23. The predicted octanol–water partition coefficient (Wildman–Crippen LogP) is 6.28. The first kappa shape index (κ1) is 24.8. The lowest BCUT2D eigenvalue weighted by atomic mass is 9.87. The topological polar surface area (TPSA) is 82.4 Å². The Bertz CT molecular complexity index is 1480. The van der Waals surface area contributed by atoms with Crippen molar-refractivity contribution in [1.29, 1.82) is 0 Å². The number of H-pyrrole nitrogens is 1. The number of aromatic amines is 1. The van der Waals surface area contributed by atoms with Crippen LogP contribution in [0.4, 0.5) is 13.2 Å². The SMILES string of the molecule is C[C@@H]1Cc2c(oc3ccc(-c4cn[nH]c4)cc23)[C@@H](c2c(F)cc(/C=C/C(=O)O)cc2F)N1CC(C)(C)F. The van der Waals surface area contributed by atoms with E-state index >= 15 is 8.78 Å². The molecule has 0 fully saturated rings. The van der Waals surface area contributed by atoms with E-state index in [1.165, 1.54) is 13.8 Å². The Balaban J connectivity index is 1.70. The molecule has 192 valence electrons. The smallest absolute Gasteiger partial charge is 0.328 e. The van der Waals surface area contributed by atoms with Crippen molar-refractivity contribution in [2.45, 2.75) is 44.9 Å². The summed E-state index contributed by atoms with van der Waals surface area (Å²) in [6, 6.07) is 6.55. The molecule has 0 spiro atoms. The van der Waals surface area contributed by atoms with Gasteiger partial charge in [-0.2, -0.15) is 5.10 Å². The molecule has 0 aliphatic carbocycles. The number of furan rings is 1. The van der Waals surface area contributed by atoms with Crippen molar-refractivity contribution in [2.24, 2.45) is 0 Å². The van der Waals surface area contributed by atoms with Crippen LogP contribution in [0, 0.1) is 11.6 Å². The molecule has 9 heteroatoms. The van der Waals surface area contributed by atoms with Crippen molar-refractivity contribution in [3.63, 3.8) is 0 Å². The maximum Gasteiger partial charge on any atom is 0.328 e. The summed E-state index contributed by atoms with van der Waals surface area (Å²) in [7, 11) is 0. The van der Waals surface area contributed by atoms with Crippen LogP contribution < -0.4 is 0 Å². The molecule has 5 rings (SSSR count). The fourth-order valence-corrected chi connectivity index (χ4v) is 5.11. The van der Waals surface area contributed by atoms with Crippen LogP contribution in [0.1, 0.15) is 49.3 Å². The van der Waals surface area contributed by atoms with Gasteiger partial charge in [0.25, 0.3) is 0 Å². The summed E-state index contributed by atoms with van der Waals surface area (Å²) in [5, 5.41) is 16.5. The van der Waals surface area contributed by atoms with Crippen molar-refractivity contribution in [2.75, 3.05) is 6.54 Å². The Kier molecular flexibility index (Phi) is 6.19. The van der Waals surface area contributed by atoms with E-state index in [9.17, 15) is 9.18 Å². The van der Waals surface area contributed by atoms with E-state index < -0.39 is 29.3 Å². The molecule has 0 unspecified atom stereocenters. The Morgan fingerprint density at radius 2 is 1.97 bits per heavy atom. The molecule has 0 saturated carbocycles. The Morgan fingerprint density at radius 3 is 2.59 bits per heavy atom. The Labute approximate surface area is 211 Å². The Morgan fingerprint density at radius 1 is 1.24 bits per heavy atom. The Hall–Kier alpha value is -3.85. The lowest BCUT2D eigenvalue weighted by Gasteiger charge is -2.42. The molecule has 0 saturated heterocycles. The van der Waals surface area contributed by atoms with Crippen LogP contribution in [0.15, 0.2) is 53.2 Å². The van der Waals surface area contributed by atoms with Crippen LogP contribution >= 0.6 is 0 Å². The van der Waals surface area contributed by atoms with Crippen molar-refractivity contribution >= 4 is 23.0 Å². The summed E-state index contributed by atoms with van der Waals surface area (Å²) in [4.78, 5) is 12.6. The van der Waals surface area contributed by atoms with Gasteiger partial charge in [-0.15, -0.1) is 0 Å². The largest absolute Gasteiger partial charge is 0.478 e. The third-order valence-electron chi connectivity index (χ3n) is 6.65. The van der Waals surface area contributed by atoms with Gasteiger partial charge in [-0.1, -0.05) is 6.07 Å². The minimum atomic E-state index is -1.64. The number of benzene rings is 2. The van der Waals surface area contributed by atoms with Gasteiger partial charge in [-0.05, 0) is 68.7 Å². The van der Waals surface area contributed by atoms with Gasteiger partial charge >= 0.3 is 5.97 Å². The zero-order chi connectivity index (χ0) is 26.5. The van der Waals surface area contributed by atoms with E-state index in [-0.39, 0.29) is 23.7 Å². The predicted molar refractivity (Wildman–Crippen MR) is 134 cm³/mol. The van der Waals surface area contributed by atoms with Crippen LogP contribution in [0.2, 0.25) is 0 Å². The molecule has 2 aromatic heterocycles. The molecular formula is C28H26F3N3O3. The number of nitrogens with one attached hydrogen (secondary N) is 1. The quantitative estimate of drug-likeness (QED) is 0.299. The van der Waals surface area contributed by atoms with E-state index in [1.807, 2.05) is 25.1 Å². The van der Waals surface area contributed by atoms with Crippen molar-refractivity contribution in [3.8, 4) is 11.1 Å². The summed E-state index contributed by atoms with van der Waals surface area (Å²) in [6.07, 6.45) is 5.91. The number of carboxylic acid groups (broad SMARTS) is 1. The van der Waals surface area contributed by atoms with Crippen LogP contribution in [0.5, 0.6) is 0 Å². The molecular weight excluding hydrogens is 483 g/mol. The molecule has 1 aliphatic heterocycles. The second-order valence-corrected chi connectivity index (χ2v) is 10.1. The number of carbonyl (C=O) groups is 1. The molecule has 4 aromatic rings. The first-order valence-corrected chi connectivity index (χ1v) is 11.9. The number of carboxylic acids is 1. The summed E-state index contributed by atoms with van der Waals surface area (Å²) >= 11 is 0. The van der Waals surface area contributed by atoms with Crippen LogP contribution in [-0.4, -0.2) is 44.4 Å². The molecule has 2 N–H and O–H groups in total. The lowest BCUT2D eigenvalue weighted by Crippen LogP contribution is -2.48. The van der Waals surface area contributed by atoms with Gasteiger partial charge in [0.15, 0.2) is 0 Å². The first-order chi connectivity index (χ1) is 17.5. The van der Waals surface area contributed by atoms with Crippen LogP contribution in [-0.2, 0) is 11.2 Å². The minimum absolute atomic E-state index is 0.0666. The normalized spacial score (nSPS) is 18.5. The standard InChI is InChI=1S/C28H26F3N3O3/c1-15-8-20-19-11-17(18-12-32-33-13-18)5-6-23(19)37-27(20)26(34(15)14-28(2,3)31)25-21(29)9-16(10-22(25)30)4-7-24(35)36/h4-7,9-13,15,26H,8,14H2,1-3H3,(H,32,33)(H,35,36)/b7-4+/t15-,26-/m1/s1. The lowest BCUT2D eigenvalue weighted by molar-refractivity contribution is -0.131. The van der Waals surface area contributed by atoms with Crippen LogP contribution in [0.3, 0.4) is 0 Å². The molecule has 0 radical (unpaired) electrons. The highest BCUT2D eigenvalue weighted by atomic mass is 19.1. The maximum absolute atomic E-state index is 15.6. The fourth-order valence-electron chi connectivity index (χ4n) is 5.11. The molecule has 3 heterocycles. The zero-order valence-electron chi connectivity index (χ0n) is 20.6. The third kappa shape index (κ3) is 4.79. The summed E-state index contributed by atoms with van der Waals surface area (Å²) < 4.78 is 52.3. The molecule has 6 nitrogen and oxygen atoms in total. The first-order valence-electron chi connectivity index (χ1n) is 11.9. The van der Waals surface area contributed by atoms with Gasteiger partial charge in [0.05, 0.1) is 6.20 Å². The highest BCUT2D eigenvalue weighted by Gasteiger charge is 2.42. The number of aromatic nitrogens is 2. The van der Waals surface area contributed by atoms with Crippen molar-refractivity contribution < 1.29 is 27.5 Å². The average Bonchev–Trinajstić information content (AvgIpc) is 3.46. The number of alkyl halides is 1. The zero-order valence-corrected chi connectivity index (χ0v) is 20.6. The molecule has 1 aliphatic rings. The molecule has 0 amide bonds. The van der Waals surface area contributed by atoms with Gasteiger partial charge in [0.1, 0.15) is 34.7 Å². The van der Waals surface area contributed by atoms with Crippen molar-refractivity contribution in [1.82, 2.24) is 15.1 Å². The monoisotopic (exact) mass is 509 g/mol. The number of nitrogens with zero attached hydrogens (tertiary/aromatic N) is 2. The van der Waals surface area contributed by atoms with Gasteiger partial charge < -0.3 is 9.52 Å². The number of rotatable bonds is 6. The van der Waals surface area contributed by atoms with E-state index in [2.05, 4.69) is 10.2 Å². The summed E-state index contributed by atoms with van der Waals surface area (Å²) in [6.45, 7) is 4.68. The number of halogens is 3. The van der Waals surface area contributed by atoms with Gasteiger partial charge in [-0.25, -0.2) is 18.0 Å². The van der Waals surface area contributed by atoms with Gasteiger partial charge in [0, 0.05) is 46.9 Å². The number of hydrogen-bond acceptors (Lipinski definition) is 4. The van der Waals surface area contributed by atoms with E-state index in [4.69, 9.17) is 9.52 Å². The number of aliphatic carboxylic acids is 1.